The molecule has 0 heterocycles. The Kier molecular flexibility index (Phi) is 18.6. The first kappa shape index (κ1) is 32.8. The van der Waals surface area contributed by atoms with Gasteiger partial charge in [0.1, 0.15) is 0 Å². The van der Waals surface area contributed by atoms with E-state index in [1.54, 1.807) is 13.8 Å². The highest BCUT2D eigenvalue weighted by Gasteiger charge is 2.62. The first-order chi connectivity index (χ1) is 16.9. The number of aliphatic carboxylic acids is 1. The van der Waals surface area contributed by atoms with E-state index in [4.69, 9.17) is 14.2 Å². The largest absolute Gasteiger partial charge is 0.586 e. The standard InChI is InChI=1S/C26H49O7PS/c1-4-19-31-26(25(27)28,34(29)30)33-22(3)15-11-8-6-7-9-14-20-35-21-18-23(5-2)32-24-16-12-10-13-17-24/h22-24H,4-21H2,1-3H3,(H-,27,28,29,30)/p+1. The second kappa shape index (κ2) is 19.8. The maximum Gasteiger partial charge on any atom is 0.586 e. The molecule has 0 aliphatic heterocycles. The predicted molar refractivity (Wildman–Crippen MR) is 143 cm³/mol. The Morgan fingerprint density at radius 3 is 2.29 bits per heavy atom. The van der Waals surface area contributed by atoms with Gasteiger partial charge in [0.05, 0.1) is 24.9 Å². The molecule has 1 rings (SSSR count). The van der Waals surface area contributed by atoms with E-state index < -0.39 is 25.6 Å². The Hall–Kier alpha value is -0.240. The molecule has 0 radical (unpaired) electrons. The van der Waals surface area contributed by atoms with Gasteiger partial charge in [-0.15, -0.1) is 0 Å². The fourth-order valence-corrected chi connectivity index (χ4v) is 6.08. The van der Waals surface area contributed by atoms with Crippen LogP contribution in [0.3, 0.4) is 0 Å². The number of ether oxygens (including phenoxy) is 3. The third-order valence-corrected chi connectivity index (χ3v) is 8.54. The molecule has 1 aliphatic rings. The van der Waals surface area contributed by atoms with Crippen molar-refractivity contribution in [1.29, 1.82) is 0 Å². The molecule has 4 atom stereocenters. The van der Waals surface area contributed by atoms with Crippen LogP contribution in [0, 0.1) is 0 Å². The first-order valence-electron chi connectivity index (χ1n) is 13.8. The van der Waals surface area contributed by atoms with Crippen LogP contribution < -0.4 is 0 Å². The normalized spacial score (nSPS) is 18.7. The van der Waals surface area contributed by atoms with Crippen molar-refractivity contribution in [3.63, 3.8) is 0 Å². The number of hydrogen-bond acceptors (Lipinski definition) is 6. The van der Waals surface area contributed by atoms with Gasteiger partial charge in [0.15, 0.2) is 0 Å². The highest BCUT2D eigenvalue weighted by molar-refractivity contribution is 7.99. The fraction of sp³-hybridized carbons (Fsp3) is 0.962. The summed E-state index contributed by atoms with van der Waals surface area (Å²) in [5, 5.41) is 9.42. The Bertz CT molecular complexity index is 558. The second-order valence-corrected chi connectivity index (χ2v) is 12.0. The molecule has 4 unspecified atom stereocenters. The molecule has 2 N–H and O–H groups in total. The van der Waals surface area contributed by atoms with Gasteiger partial charge in [0.2, 0.25) is 0 Å². The summed E-state index contributed by atoms with van der Waals surface area (Å²) in [5.74, 6) is 0.836. The van der Waals surface area contributed by atoms with E-state index in [0.717, 1.165) is 32.1 Å². The molecule has 0 aromatic carbocycles. The molecule has 9 heteroatoms. The van der Waals surface area contributed by atoms with Crippen LogP contribution in [0.1, 0.15) is 117 Å². The zero-order valence-corrected chi connectivity index (χ0v) is 24.0. The molecule has 206 valence electrons. The average Bonchev–Trinajstić information content (AvgIpc) is 2.84. The van der Waals surface area contributed by atoms with Crippen LogP contribution in [0.2, 0.25) is 0 Å². The summed E-state index contributed by atoms with van der Waals surface area (Å²) in [6.45, 7) is 5.81. The van der Waals surface area contributed by atoms with Gasteiger partial charge in [0.25, 0.3) is 0 Å². The molecule has 35 heavy (non-hydrogen) atoms. The van der Waals surface area contributed by atoms with E-state index in [1.807, 2.05) is 11.8 Å². The first-order valence-corrected chi connectivity index (χ1v) is 16.2. The summed E-state index contributed by atoms with van der Waals surface area (Å²) >= 11 is 2.05. The number of carboxylic acids is 1. The number of thioether (sulfide) groups is 1. The highest BCUT2D eigenvalue weighted by atomic mass is 32.2. The van der Waals surface area contributed by atoms with Crippen molar-refractivity contribution in [1.82, 2.24) is 0 Å². The number of carbonyl (C=O) groups is 1. The van der Waals surface area contributed by atoms with Crippen LogP contribution >= 0.6 is 19.8 Å². The van der Waals surface area contributed by atoms with E-state index in [-0.39, 0.29) is 6.61 Å². The van der Waals surface area contributed by atoms with Crippen molar-refractivity contribution < 1.29 is 33.6 Å². The van der Waals surface area contributed by atoms with E-state index in [9.17, 15) is 19.4 Å². The summed E-state index contributed by atoms with van der Waals surface area (Å²) < 4.78 is 28.6. The lowest BCUT2D eigenvalue weighted by molar-refractivity contribution is -0.221. The third-order valence-electron chi connectivity index (χ3n) is 6.51. The van der Waals surface area contributed by atoms with Gasteiger partial charge in [-0.2, -0.15) is 16.7 Å². The summed E-state index contributed by atoms with van der Waals surface area (Å²) in [5.41, 5.74) is -2.47. The lowest BCUT2D eigenvalue weighted by atomic mass is 9.97. The van der Waals surface area contributed by atoms with Gasteiger partial charge in [-0.3, -0.25) is 9.47 Å². The Balaban J connectivity index is 2.06. The van der Waals surface area contributed by atoms with Crippen molar-refractivity contribution in [3.8, 4) is 0 Å². The van der Waals surface area contributed by atoms with Crippen molar-refractivity contribution in [3.05, 3.63) is 0 Å². The molecule has 0 saturated heterocycles. The maximum absolute atomic E-state index is 11.7. The minimum absolute atomic E-state index is 0.0480. The second-order valence-electron chi connectivity index (χ2n) is 9.67. The van der Waals surface area contributed by atoms with Crippen LogP contribution in [0.15, 0.2) is 0 Å². The molecule has 1 aliphatic carbocycles. The van der Waals surface area contributed by atoms with Crippen LogP contribution in [0.25, 0.3) is 0 Å². The monoisotopic (exact) mass is 537 g/mol. The van der Waals surface area contributed by atoms with Crippen LogP contribution in [0.4, 0.5) is 0 Å². The van der Waals surface area contributed by atoms with Gasteiger partial charge in [-0.05, 0) is 67.9 Å². The van der Waals surface area contributed by atoms with E-state index in [1.165, 1.54) is 62.9 Å². The van der Waals surface area contributed by atoms with Gasteiger partial charge in [0, 0.05) is 0 Å². The minimum atomic E-state index is -3.18. The third kappa shape index (κ3) is 13.8. The quantitative estimate of drug-likeness (QED) is 0.0844. The SMILES string of the molecule is CCCOC(OC(C)CCCCCCCCSCCC(CC)OC1CCCCC1)(C(=O)O)[P+](=O)O. The molecular weight excluding hydrogens is 487 g/mol. The zero-order chi connectivity index (χ0) is 25.9. The molecule has 1 fully saturated rings. The van der Waals surface area contributed by atoms with Crippen LogP contribution in [-0.2, 0) is 23.6 Å². The van der Waals surface area contributed by atoms with Gasteiger partial charge >= 0.3 is 19.5 Å². The maximum atomic E-state index is 11.7. The molecule has 0 bridgehead atoms. The lowest BCUT2D eigenvalue weighted by Gasteiger charge is -2.27. The number of unbranched alkanes of at least 4 members (excludes halogenated alkanes) is 5. The lowest BCUT2D eigenvalue weighted by Crippen LogP contribution is -2.43. The Morgan fingerprint density at radius 2 is 1.69 bits per heavy atom. The molecule has 1 saturated carbocycles. The number of carboxylic acid groups (broad SMARTS) is 1. The zero-order valence-electron chi connectivity index (χ0n) is 22.3. The van der Waals surface area contributed by atoms with Crippen molar-refractivity contribution in [2.75, 3.05) is 18.1 Å². The summed E-state index contributed by atoms with van der Waals surface area (Å²) in [7, 11) is -3.18. The van der Waals surface area contributed by atoms with Gasteiger partial charge < -0.3 is 9.84 Å². The van der Waals surface area contributed by atoms with Crippen LogP contribution in [0.5, 0.6) is 0 Å². The van der Waals surface area contributed by atoms with E-state index in [0.29, 0.717) is 25.0 Å². The minimum Gasteiger partial charge on any atom is -0.474 e. The number of hydrogen-bond donors (Lipinski definition) is 2. The highest BCUT2D eigenvalue weighted by Crippen LogP contribution is 2.40. The van der Waals surface area contributed by atoms with Crippen molar-refractivity contribution >= 4 is 25.8 Å². The Labute approximate surface area is 218 Å². The predicted octanol–water partition coefficient (Wildman–Crippen LogP) is 7.27. The molecule has 0 amide bonds. The Morgan fingerprint density at radius 1 is 1.03 bits per heavy atom. The van der Waals surface area contributed by atoms with Gasteiger partial charge in [-0.1, -0.05) is 65.2 Å². The van der Waals surface area contributed by atoms with Crippen molar-refractivity contribution in [2.24, 2.45) is 0 Å². The van der Waals surface area contributed by atoms with E-state index in [2.05, 4.69) is 6.92 Å². The molecule has 0 spiro atoms. The number of rotatable bonds is 22. The smallest absolute Gasteiger partial charge is 0.474 e. The summed E-state index contributed by atoms with van der Waals surface area (Å²) in [6.07, 6.45) is 17.1. The molecular formula is C26H50O7PS+. The van der Waals surface area contributed by atoms with Crippen molar-refractivity contribution in [2.45, 2.75) is 141 Å². The molecule has 0 aromatic heterocycles. The van der Waals surface area contributed by atoms with E-state index >= 15 is 0 Å². The topological polar surface area (TPSA) is 102 Å². The fourth-order valence-electron chi connectivity index (χ4n) is 4.40. The molecule has 0 aromatic rings. The molecule has 7 nitrogen and oxygen atoms in total. The summed E-state index contributed by atoms with van der Waals surface area (Å²) in [4.78, 5) is 21.1. The van der Waals surface area contributed by atoms with Crippen LogP contribution in [-0.4, -0.2) is 57.9 Å². The average molecular weight is 538 g/mol. The van der Waals surface area contributed by atoms with Gasteiger partial charge in [-0.25, -0.2) is 4.79 Å². The summed E-state index contributed by atoms with van der Waals surface area (Å²) in [6, 6.07) is 0.